The van der Waals surface area contributed by atoms with Crippen LogP contribution in [0.15, 0.2) is 36.5 Å². The molecule has 2 aliphatic heterocycles. The molecule has 0 saturated carbocycles. The second kappa shape index (κ2) is 13.0. The molecule has 2 atom stereocenters. The van der Waals surface area contributed by atoms with E-state index in [-0.39, 0.29) is 47.8 Å². The van der Waals surface area contributed by atoms with Crippen molar-refractivity contribution in [3.63, 3.8) is 0 Å². The van der Waals surface area contributed by atoms with Crippen LogP contribution in [0.25, 0.3) is 32.9 Å². The molecule has 2 aliphatic rings. The number of nitriles is 1. The first-order chi connectivity index (χ1) is 22.5. The minimum Gasteiger partial charge on any atom is -0.462 e. The maximum Gasteiger partial charge on any atom is 0.410 e. The smallest absolute Gasteiger partial charge is 0.410 e. The Morgan fingerprint density at radius 1 is 1.13 bits per heavy atom. The lowest BCUT2D eigenvalue weighted by Gasteiger charge is -2.41. The van der Waals surface area contributed by atoms with E-state index >= 15 is 4.39 Å². The van der Waals surface area contributed by atoms with Gasteiger partial charge in [0.1, 0.15) is 35.1 Å². The largest absolute Gasteiger partial charge is 0.462 e. The Morgan fingerprint density at radius 2 is 1.94 bits per heavy atom. The lowest BCUT2D eigenvalue weighted by Crippen LogP contribution is -2.56. The standard InChI is InChI=1S/C34H36ClF2N7O3/c1-5-42-14-12-22(42)19-46-32-40-30-24(17-39-29(28(30)37)23-8-6-7-20-9-10-25(36)27(35)26(20)23)31(41-32)43-15-16-44(21(18-43)11-13-38)33(45)47-34(2,3)4/h6-10,17,21-22H,5,11-12,14-16,18-19H2,1-4H3/t21-,22?/m0/s1. The molecular formula is C34H36ClF2N7O3. The molecule has 0 aliphatic carbocycles. The number of fused-ring (bicyclic) bond motifs is 2. The number of nitrogens with zero attached hydrogens (tertiary/aromatic N) is 7. The number of ether oxygens (including phenoxy) is 2. The molecule has 6 rings (SSSR count). The molecule has 4 aromatic rings. The summed E-state index contributed by atoms with van der Waals surface area (Å²) in [6, 6.07) is 9.86. The summed E-state index contributed by atoms with van der Waals surface area (Å²) in [7, 11) is 0. The summed E-state index contributed by atoms with van der Waals surface area (Å²) in [4.78, 5) is 32.5. The van der Waals surface area contributed by atoms with Gasteiger partial charge in [-0.3, -0.25) is 9.88 Å². The Hall–Kier alpha value is -4.34. The molecule has 4 heterocycles. The zero-order chi connectivity index (χ0) is 33.5. The van der Waals surface area contributed by atoms with E-state index in [4.69, 9.17) is 26.1 Å². The monoisotopic (exact) mass is 663 g/mol. The second-order valence-electron chi connectivity index (χ2n) is 12.8. The average Bonchev–Trinajstić information content (AvgIpc) is 3.02. The van der Waals surface area contributed by atoms with E-state index in [2.05, 4.69) is 27.9 Å². The van der Waals surface area contributed by atoms with E-state index < -0.39 is 29.4 Å². The number of carbonyl (C=O) groups excluding carboxylic acids is 1. The van der Waals surface area contributed by atoms with Crippen LogP contribution in [0.1, 0.15) is 40.5 Å². The fourth-order valence-electron chi connectivity index (χ4n) is 6.18. The van der Waals surface area contributed by atoms with Gasteiger partial charge in [-0.25, -0.2) is 13.6 Å². The van der Waals surface area contributed by atoms with E-state index in [1.54, 1.807) is 49.9 Å². The Bertz CT molecular complexity index is 1880. The molecule has 1 unspecified atom stereocenters. The number of likely N-dealkylation sites (tertiary alicyclic amines) is 1. The lowest BCUT2D eigenvalue weighted by molar-refractivity contribution is 0.0145. The van der Waals surface area contributed by atoms with E-state index in [0.717, 1.165) is 19.5 Å². The van der Waals surface area contributed by atoms with Crippen LogP contribution in [0.3, 0.4) is 0 Å². The van der Waals surface area contributed by atoms with Crippen molar-refractivity contribution in [1.29, 1.82) is 5.26 Å². The first kappa shape index (κ1) is 32.6. The summed E-state index contributed by atoms with van der Waals surface area (Å²) in [5.74, 6) is -0.982. The highest BCUT2D eigenvalue weighted by atomic mass is 35.5. The fourth-order valence-corrected chi connectivity index (χ4v) is 6.45. The van der Waals surface area contributed by atoms with Crippen LogP contribution in [0.5, 0.6) is 6.01 Å². The number of carbonyl (C=O) groups is 1. The van der Waals surface area contributed by atoms with Crippen LogP contribution in [0.2, 0.25) is 5.02 Å². The summed E-state index contributed by atoms with van der Waals surface area (Å²) in [5, 5.41) is 10.8. The minimum absolute atomic E-state index is 0.0000882. The summed E-state index contributed by atoms with van der Waals surface area (Å²) in [6.07, 6.45) is 2.02. The molecule has 2 aromatic heterocycles. The molecule has 13 heteroatoms. The van der Waals surface area contributed by atoms with Crippen molar-refractivity contribution in [3.8, 4) is 23.3 Å². The van der Waals surface area contributed by atoms with Crippen LogP contribution in [0, 0.1) is 23.0 Å². The van der Waals surface area contributed by atoms with Crippen LogP contribution in [-0.4, -0.2) is 87.9 Å². The summed E-state index contributed by atoms with van der Waals surface area (Å²) < 4.78 is 42.9. The van der Waals surface area contributed by atoms with Crippen LogP contribution < -0.4 is 9.64 Å². The van der Waals surface area contributed by atoms with Gasteiger partial charge in [0.25, 0.3) is 0 Å². The number of hydrogen-bond donors (Lipinski definition) is 0. The van der Waals surface area contributed by atoms with Crippen molar-refractivity contribution < 1.29 is 23.0 Å². The Kier molecular flexibility index (Phi) is 9.05. The number of aromatic nitrogens is 3. The summed E-state index contributed by atoms with van der Waals surface area (Å²) in [5.41, 5.74) is -0.441. The van der Waals surface area contributed by atoms with Crippen molar-refractivity contribution >= 4 is 45.2 Å². The highest BCUT2D eigenvalue weighted by Gasteiger charge is 2.35. The number of hydrogen-bond acceptors (Lipinski definition) is 9. The SMILES string of the molecule is CCN1CCC1COc1nc(N2CCN(C(=O)OC(C)(C)C)[C@@H](CC#N)C2)c2cnc(-c3cccc4ccc(F)c(Cl)c34)c(F)c2n1. The number of likely N-dealkylation sites (N-methyl/N-ethyl adjacent to an activating group) is 1. The average molecular weight is 664 g/mol. The van der Waals surface area contributed by atoms with Crippen LogP contribution in [0.4, 0.5) is 19.4 Å². The molecule has 10 nitrogen and oxygen atoms in total. The maximum atomic E-state index is 16.7. The van der Waals surface area contributed by atoms with Crippen molar-refractivity contribution in [2.45, 2.75) is 58.2 Å². The number of anilines is 1. The Morgan fingerprint density at radius 3 is 2.64 bits per heavy atom. The number of benzene rings is 2. The van der Waals surface area contributed by atoms with Gasteiger partial charge in [-0.05, 0) is 45.2 Å². The van der Waals surface area contributed by atoms with Gasteiger partial charge < -0.3 is 19.3 Å². The lowest BCUT2D eigenvalue weighted by atomic mass is 10.0. The number of amides is 1. The molecule has 0 N–H and O–H groups in total. The zero-order valence-electron chi connectivity index (χ0n) is 26.8. The molecular weight excluding hydrogens is 628 g/mol. The Labute approximate surface area is 276 Å². The second-order valence-corrected chi connectivity index (χ2v) is 13.2. The molecule has 2 fully saturated rings. The van der Waals surface area contributed by atoms with Gasteiger partial charge in [-0.1, -0.05) is 42.8 Å². The van der Waals surface area contributed by atoms with E-state index in [9.17, 15) is 14.4 Å². The summed E-state index contributed by atoms with van der Waals surface area (Å²) >= 11 is 6.38. The highest BCUT2D eigenvalue weighted by Crippen LogP contribution is 2.38. The van der Waals surface area contributed by atoms with Gasteiger partial charge in [0.05, 0.1) is 28.9 Å². The van der Waals surface area contributed by atoms with Crippen molar-refractivity contribution in [2.24, 2.45) is 0 Å². The van der Waals surface area contributed by atoms with Crippen LogP contribution >= 0.6 is 11.6 Å². The molecule has 2 aromatic carbocycles. The maximum absolute atomic E-state index is 16.7. The van der Waals surface area contributed by atoms with Crippen LogP contribution in [-0.2, 0) is 4.74 Å². The number of halogens is 3. The Balaban J connectivity index is 1.43. The fraction of sp³-hybridized carbons (Fsp3) is 0.441. The normalized spacial score (nSPS) is 18.7. The highest BCUT2D eigenvalue weighted by molar-refractivity contribution is 6.36. The third-order valence-corrected chi connectivity index (χ3v) is 9.02. The predicted octanol–water partition coefficient (Wildman–Crippen LogP) is 6.59. The molecule has 0 radical (unpaired) electrons. The number of pyridine rings is 1. The first-order valence-electron chi connectivity index (χ1n) is 15.7. The molecule has 0 bridgehead atoms. The van der Waals surface area contributed by atoms with Gasteiger partial charge in [0.15, 0.2) is 5.82 Å². The van der Waals surface area contributed by atoms with Gasteiger partial charge >= 0.3 is 12.1 Å². The molecule has 0 spiro atoms. The predicted molar refractivity (Wildman–Crippen MR) is 176 cm³/mol. The first-order valence-corrected chi connectivity index (χ1v) is 16.1. The van der Waals surface area contributed by atoms with E-state index in [1.165, 1.54) is 12.3 Å². The molecule has 1 amide bonds. The quantitative estimate of drug-likeness (QED) is 0.216. The van der Waals surface area contributed by atoms with Crippen molar-refractivity contribution in [2.75, 3.05) is 44.2 Å². The van der Waals surface area contributed by atoms with E-state index in [0.29, 0.717) is 40.7 Å². The topological polar surface area (TPSA) is 108 Å². The van der Waals surface area contributed by atoms with Crippen molar-refractivity contribution in [1.82, 2.24) is 24.8 Å². The van der Waals surface area contributed by atoms with Gasteiger partial charge in [0, 0.05) is 49.4 Å². The third kappa shape index (κ3) is 6.47. The van der Waals surface area contributed by atoms with Crippen molar-refractivity contribution in [3.05, 3.63) is 53.2 Å². The molecule has 2 saturated heterocycles. The van der Waals surface area contributed by atoms with Gasteiger partial charge in [0.2, 0.25) is 0 Å². The zero-order valence-corrected chi connectivity index (χ0v) is 27.5. The number of rotatable bonds is 7. The van der Waals surface area contributed by atoms with Gasteiger partial charge in [-0.15, -0.1) is 0 Å². The molecule has 246 valence electrons. The van der Waals surface area contributed by atoms with E-state index in [1.807, 2.05) is 4.90 Å². The van der Waals surface area contributed by atoms with Gasteiger partial charge in [-0.2, -0.15) is 15.2 Å². The summed E-state index contributed by atoms with van der Waals surface area (Å²) in [6.45, 7) is 10.5. The minimum atomic E-state index is -0.733. The third-order valence-electron chi connectivity index (χ3n) is 8.65. The number of piperazine rings is 1. The molecule has 47 heavy (non-hydrogen) atoms.